The van der Waals surface area contributed by atoms with Crippen LogP contribution in [0.2, 0.25) is 0 Å². The normalized spacial score (nSPS) is 19.2. The second-order valence-electron chi connectivity index (χ2n) is 9.45. The predicted octanol–water partition coefficient (Wildman–Crippen LogP) is 5.64. The van der Waals surface area contributed by atoms with Gasteiger partial charge in [0.25, 0.3) is 0 Å². The molecule has 2 aromatic carbocycles. The zero-order valence-electron chi connectivity index (χ0n) is 19.1. The van der Waals surface area contributed by atoms with Crippen LogP contribution in [0.25, 0.3) is 17.0 Å². The number of hydrogen-bond donors (Lipinski definition) is 1. The minimum Gasteiger partial charge on any atom is -0.487 e. The maximum atomic E-state index is 13.8. The van der Waals surface area contributed by atoms with Crippen LogP contribution in [0.5, 0.6) is 11.5 Å². The summed E-state index contributed by atoms with van der Waals surface area (Å²) in [6, 6.07) is 9.89. The number of hydrogen-bond acceptors (Lipinski definition) is 4. The standard InChI is InChI=1S/C27H29NO4/c1-6-16-7-8-18-21(11-16)28-26-24(18)25(29)19-12-22(31-15(2)3)23(13-20(19)27(26,4)5)32-17-9-10-30-14-17/h6-8,11-13,15,17,28H,1,9-10,14H2,2-5H3. The van der Waals surface area contributed by atoms with Crippen molar-refractivity contribution < 1.29 is 19.0 Å². The molecule has 166 valence electrons. The molecule has 2 heterocycles. The summed E-state index contributed by atoms with van der Waals surface area (Å²) in [5, 5.41) is 0.934. The first kappa shape index (κ1) is 20.8. The lowest BCUT2D eigenvalue weighted by Gasteiger charge is -2.33. The Labute approximate surface area is 188 Å². The minimum absolute atomic E-state index is 0.00840. The lowest BCUT2D eigenvalue weighted by molar-refractivity contribution is 0.103. The SMILES string of the molecule is C=Cc1ccc2c3c([nH]c2c1)C(C)(C)c1cc(OC2CCOC2)c(OC(C)C)cc1C3=O. The number of H-pyrrole nitrogens is 1. The summed E-state index contributed by atoms with van der Waals surface area (Å²) >= 11 is 0. The van der Waals surface area contributed by atoms with Gasteiger partial charge in [0.2, 0.25) is 0 Å². The van der Waals surface area contributed by atoms with E-state index in [-0.39, 0.29) is 18.0 Å². The first-order valence-electron chi connectivity index (χ1n) is 11.2. The van der Waals surface area contributed by atoms with Crippen molar-refractivity contribution in [2.75, 3.05) is 13.2 Å². The molecular formula is C27H29NO4. The fourth-order valence-corrected chi connectivity index (χ4v) is 4.80. The molecule has 5 heteroatoms. The third-order valence-corrected chi connectivity index (χ3v) is 6.46. The number of ether oxygens (including phenoxy) is 3. The van der Waals surface area contributed by atoms with Gasteiger partial charge in [0, 0.05) is 34.0 Å². The Morgan fingerprint density at radius 3 is 2.72 bits per heavy atom. The number of aromatic amines is 1. The molecule has 0 radical (unpaired) electrons. The van der Waals surface area contributed by atoms with Crippen LogP contribution in [0.4, 0.5) is 0 Å². The highest BCUT2D eigenvalue weighted by Gasteiger charge is 2.41. The van der Waals surface area contributed by atoms with Crippen molar-refractivity contribution in [2.24, 2.45) is 0 Å². The number of carbonyl (C=O) groups is 1. The van der Waals surface area contributed by atoms with Crippen molar-refractivity contribution in [3.8, 4) is 11.5 Å². The molecular weight excluding hydrogens is 402 g/mol. The van der Waals surface area contributed by atoms with E-state index in [4.69, 9.17) is 14.2 Å². The van der Waals surface area contributed by atoms with Crippen LogP contribution < -0.4 is 9.47 Å². The van der Waals surface area contributed by atoms with Gasteiger partial charge in [-0.25, -0.2) is 0 Å². The van der Waals surface area contributed by atoms with Gasteiger partial charge in [-0.1, -0.05) is 38.6 Å². The van der Waals surface area contributed by atoms with Gasteiger partial charge in [-0.15, -0.1) is 0 Å². The van der Waals surface area contributed by atoms with Crippen LogP contribution in [0.15, 0.2) is 36.9 Å². The number of benzene rings is 2. The second-order valence-corrected chi connectivity index (χ2v) is 9.45. The zero-order chi connectivity index (χ0) is 22.6. The van der Waals surface area contributed by atoms with E-state index >= 15 is 0 Å². The summed E-state index contributed by atoms with van der Waals surface area (Å²) in [5.41, 5.74) is 4.82. The van der Waals surface area contributed by atoms with Crippen LogP contribution >= 0.6 is 0 Å². The maximum Gasteiger partial charge on any atom is 0.195 e. The summed E-state index contributed by atoms with van der Waals surface area (Å²) < 4.78 is 17.9. The van der Waals surface area contributed by atoms with Gasteiger partial charge in [-0.2, -0.15) is 0 Å². The van der Waals surface area contributed by atoms with Gasteiger partial charge in [-0.3, -0.25) is 4.79 Å². The molecule has 1 fully saturated rings. The molecule has 1 aliphatic heterocycles. The molecule has 1 atom stereocenters. The highest BCUT2D eigenvalue weighted by molar-refractivity contribution is 6.20. The third kappa shape index (κ3) is 3.23. The maximum absolute atomic E-state index is 13.8. The van der Waals surface area contributed by atoms with Crippen LogP contribution in [-0.4, -0.2) is 36.2 Å². The van der Waals surface area contributed by atoms with Gasteiger partial charge in [0.1, 0.15) is 6.10 Å². The van der Waals surface area contributed by atoms with Crippen molar-refractivity contribution in [2.45, 2.75) is 51.7 Å². The average Bonchev–Trinajstić information content (AvgIpc) is 3.40. The van der Waals surface area contributed by atoms with Gasteiger partial charge in [-0.05, 0) is 43.2 Å². The molecule has 1 saturated heterocycles. The van der Waals surface area contributed by atoms with Crippen molar-refractivity contribution in [1.82, 2.24) is 4.98 Å². The van der Waals surface area contributed by atoms with Crippen molar-refractivity contribution in [3.63, 3.8) is 0 Å². The Kier molecular flexibility index (Phi) is 4.90. The number of carbonyl (C=O) groups excluding carboxylic acids is 1. The van der Waals surface area contributed by atoms with E-state index in [2.05, 4.69) is 25.4 Å². The fourth-order valence-electron chi connectivity index (χ4n) is 4.80. The number of fused-ring (bicyclic) bond motifs is 4. The third-order valence-electron chi connectivity index (χ3n) is 6.46. The fraction of sp³-hybridized carbons (Fsp3) is 0.370. The monoisotopic (exact) mass is 431 g/mol. The van der Waals surface area contributed by atoms with Crippen LogP contribution in [-0.2, 0) is 10.2 Å². The topological polar surface area (TPSA) is 60.6 Å². The lowest BCUT2D eigenvalue weighted by atomic mass is 9.71. The molecule has 2 aliphatic rings. The molecule has 1 unspecified atom stereocenters. The molecule has 0 amide bonds. The Morgan fingerprint density at radius 2 is 2.03 bits per heavy atom. The molecule has 0 bridgehead atoms. The van der Waals surface area contributed by atoms with Crippen LogP contribution in [0.1, 0.15) is 66.9 Å². The first-order valence-corrected chi connectivity index (χ1v) is 11.2. The van der Waals surface area contributed by atoms with Crippen LogP contribution in [0, 0.1) is 0 Å². The Balaban J connectivity index is 1.69. The molecule has 5 rings (SSSR count). The van der Waals surface area contributed by atoms with Crippen LogP contribution in [0.3, 0.4) is 0 Å². The number of rotatable bonds is 5. The summed E-state index contributed by atoms with van der Waals surface area (Å²) in [6.45, 7) is 13.4. The van der Waals surface area contributed by atoms with Crippen molar-refractivity contribution >= 4 is 22.8 Å². The Bertz CT molecular complexity index is 1230. The first-order chi connectivity index (χ1) is 15.3. The van der Waals surface area contributed by atoms with E-state index in [1.807, 2.05) is 50.3 Å². The molecule has 3 aromatic rings. The van der Waals surface area contributed by atoms with E-state index in [1.165, 1.54) is 0 Å². The average molecular weight is 432 g/mol. The molecule has 1 aliphatic carbocycles. The smallest absolute Gasteiger partial charge is 0.195 e. The zero-order valence-corrected chi connectivity index (χ0v) is 19.1. The summed E-state index contributed by atoms with van der Waals surface area (Å²) in [7, 11) is 0. The molecule has 5 nitrogen and oxygen atoms in total. The molecule has 1 N–H and O–H groups in total. The van der Waals surface area contributed by atoms with Gasteiger partial charge in [0.15, 0.2) is 17.3 Å². The Morgan fingerprint density at radius 1 is 1.22 bits per heavy atom. The minimum atomic E-state index is -0.410. The van der Waals surface area contributed by atoms with E-state index < -0.39 is 5.41 Å². The van der Waals surface area contributed by atoms with E-state index in [9.17, 15) is 4.79 Å². The van der Waals surface area contributed by atoms with E-state index in [0.717, 1.165) is 39.7 Å². The van der Waals surface area contributed by atoms with Gasteiger partial charge in [0.05, 0.1) is 24.9 Å². The molecule has 32 heavy (non-hydrogen) atoms. The largest absolute Gasteiger partial charge is 0.487 e. The molecule has 0 saturated carbocycles. The lowest BCUT2D eigenvalue weighted by Crippen LogP contribution is -2.31. The second kappa shape index (κ2) is 7.52. The summed E-state index contributed by atoms with van der Waals surface area (Å²) in [5.74, 6) is 1.28. The van der Waals surface area contributed by atoms with E-state index in [0.29, 0.717) is 30.3 Å². The summed E-state index contributed by atoms with van der Waals surface area (Å²) in [6.07, 6.45) is 2.61. The molecule has 1 aromatic heterocycles. The van der Waals surface area contributed by atoms with Crippen molar-refractivity contribution in [1.29, 1.82) is 0 Å². The number of aromatic nitrogens is 1. The van der Waals surface area contributed by atoms with Gasteiger partial charge < -0.3 is 19.2 Å². The summed E-state index contributed by atoms with van der Waals surface area (Å²) in [4.78, 5) is 17.3. The highest BCUT2D eigenvalue weighted by atomic mass is 16.6. The predicted molar refractivity (Wildman–Crippen MR) is 126 cm³/mol. The quantitative estimate of drug-likeness (QED) is 0.568. The highest BCUT2D eigenvalue weighted by Crippen LogP contribution is 2.47. The van der Waals surface area contributed by atoms with E-state index in [1.54, 1.807) is 0 Å². The Hall–Kier alpha value is -3.05. The van der Waals surface area contributed by atoms with Crippen molar-refractivity contribution in [3.05, 3.63) is 64.9 Å². The number of nitrogens with one attached hydrogen (secondary N) is 1. The number of ketones is 1. The molecule has 0 spiro atoms. The van der Waals surface area contributed by atoms with Gasteiger partial charge >= 0.3 is 0 Å².